The van der Waals surface area contributed by atoms with Gasteiger partial charge in [-0.3, -0.25) is 0 Å². The second-order valence-electron chi connectivity index (χ2n) is 5.82. The minimum absolute atomic E-state index is 0.0496. The van der Waals surface area contributed by atoms with Crippen LogP contribution in [0.5, 0.6) is 5.88 Å². The summed E-state index contributed by atoms with van der Waals surface area (Å²) in [5.41, 5.74) is 3.71. The van der Waals surface area contributed by atoms with Gasteiger partial charge in [0.15, 0.2) is 5.82 Å². The summed E-state index contributed by atoms with van der Waals surface area (Å²) in [6, 6.07) is 27.3. The fourth-order valence-corrected chi connectivity index (χ4v) is 2.79. The van der Waals surface area contributed by atoms with Gasteiger partial charge in [-0.1, -0.05) is 66.7 Å². The zero-order valence-electron chi connectivity index (χ0n) is 14.0. The van der Waals surface area contributed by atoms with Crippen LogP contribution in [-0.4, -0.2) is 19.9 Å². The van der Waals surface area contributed by atoms with Crippen LogP contribution in [0.2, 0.25) is 0 Å². The lowest BCUT2D eigenvalue weighted by molar-refractivity contribution is 0.432. The first-order valence-electron chi connectivity index (χ1n) is 8.34. The molecule has 0 bridgehead atoms. The van der Waals surface area contributed by atoms with E-state index in [1.165, 1.54) is 4.68 Å². The number of rotatable bonds is 4. The Morgan fingerprint density at radius 1 is 0.846 bits per heavy atom. The van der Waals surface area contributed by atoms with Crippen molar-refractivity contribution in [1.82, 2.24) is 14.8 Å². The Labute approximate surface area is 151 Å². The van der Waals surface area contributed by atoms with Gasteiger partial charge in [0.25, 0.3) is 0 Å². The third-order valence-corrected chi connectivity index (χ3v) is 4.03. The van der Waals surface area contributed by atoms with Crippen LogP contribution in [0.3, 0.4) is 0 Å². The molecular formula is C22H17N3O. The van der Waals surface area contributed by atoms with Crippen molar-refractivity contribution >= 4 is 11.6 Å². The number of hydrogen-bond acceptors (Lipinski definition) is 3. The Hall–Kier alpha value is -3.66. The molecule has 0 fully saturated rings. The van der Waals surface area contributed by atoms with E-state index < -0.39 is 0 Å². The maximum absolute atomic E-state index is 10.4. The summed E-state index contributed by atoms with van der Waals surface area (Å²) in [7, 11) is 0. The van der Waals surface area contributed by atoms with Crippen molar-refractivity contribution in [1.29, 1.82) is 0 Å². The maximum Gasteiger partial charge on any atom is 0.216 e. The molecule has 0 amide bonds. The fourth-order valence-electron chi connectivity index (χ4n) is 2.79. The molecule has 0 saturated carbocycles. The van der Waals surface area contributed by atoms with E-state index in [-0.39, 0.29) is 5.88 Å². The Morgan fingerprint density at radius 3 is 2.23 bits per heavy atom. The SMILES string of the molecule is Oc1cc(C(=Cc2ccccc2)c2ccccc2)nn1-c1ccccn1. The third-order valence-electron chi connectivity index (χ3n) is 4.03. The first kappa shape index (κ1) is 15.8. The van der Waals surface area contributed by atoms with Gasteiger partial charge in [-0.2, -0.15) is 9.78 Å². The normalized spacial score (nSPS) is 11.5. The van der Waals surface area contributed by atoms with E-state index in [2.05, 4.69) is 16.2 Å². The Kier molecular flexibility index (Phi) is 4.31. The van der Waals surface area contributed by atoms with Crippen LogP contribution < -0.4 is 0 Å². The second kappa shape index (κ2) is 7.07. The predicted molar refractivity (Wildman–Crippen MR) is 103 cm³/mol. The van der Waals surface area contributed by atoms with Crippen molar-refractivity contribution in [3.05, 3.63) is 108 Å². The highest BCUT2D eigenvalue weighted by atomic mass is 16.3. The molecule has 4 heteroatoms. The van der Waals surface area contributed by atoms with Gasteiger partial charge in [-0.15, -0.1) is 0 Å². The lowest BCUT2D eigenvalue weighted by Gasteiger charge is -2.06. The van der Waals surface area contributed by atoms with Crippen LogP contribution in [0.15, 0.2) is 91.1 Å². The van der Waals surface area contributed by atoms with Crippen LogP contribution in [0.1, 0.15) is 16.8 Å². The molecule has 0 radical (unpaired) electrons. The second-order valence-corrected chi connectivity index (χ2v) is 5.82. The number of benzene rings is 2. The summed E-state index contributed by atoms with van der Waals surface area (Å²) in [5, 5.41) is 15.0. The van der Waals surface area contributed by atoms with Gasteiger partial charge < -0.3 is 5.11 Å². The number of pyridine rings is 1. The molecule has 0 saturated heterocycles. The number of aromatic hydroxyl groups is 1. The van der Waals surface area contributed by atoms with E-state index in [9.17, 15) is 5.11 Å². The molecule has 26 heavy (non-hydrogen) atoms. The molecule has 2 aromatic carbocycles. The third kappa shape index (κ3) is 3.26. The fraction of sp³-hybridized carbons (Fsp3) is 0. The van der Waals surface area contributed by atoms with Crippen molar-refractivity contribution in [3.8, 4) is 11.7 Å². The van der Waals surface area contributed by atoms with Crippen LogP contribution in [0.25, 0.3) is 17.5 Å². The summed E-state index contributed by atoms with van der Waals surface area (Å²) in [5.74, 6) is 0.622. The largest absolute Gasteiger partial charge is 0.493 e. The molecule has 0 aliphatic heterocycles. The molecule has 2 aromatic heterocycles. The predicted octanol–water partition coefficient (Wildman–Crippen LogP) is 4.56. The Balaban J connectivity index is 1.84. The average molecular weight is 339 g/mol. The van der Waals surface area contributed by atoms with Crippen LogP contribution in [0, 0.1) is 0 Å². The van der Waals surface area contributed by atoms with Gasteiger partial charge in [-0.25, -0.2) is 4.98 Å². The summed E-state index contributed by atoms with van der Waals surface area (Å²) in [6.45, 7) is 0. The quantitative estimate of drug-likeness (QED) is 0.555. The van der Waals surface area contributed by atoms with Gasteiger partial charge in [0.05, 0.1) is 5.69 Å². The van der Waals surface area contributed by atoms with Crippen molar-refractivity contribution in [2.24, 2.45) is 0 Å². The van der Waals surface area contributed by atoms with E-state index >= 15 is 0 Å². The highest BCUT2D eigenvalue weighted by Gasteiger charge is 2.14. The average Bonchev–Trinajstić information content (AvgIpc) is 3.09. The number of nitrogens with zero attached hydrogens (tertiary/aromatic N) is 3. The molecule has 126 valence electrons. The minimum Gasteiger partial charge on any atom is -0.493 e. The van der Waals surface area contributed by atoms with Crippen LogP contribution >= 0.6 is 0 Å². The van der Waals surface area contributed by atoms with Crippen LogP contribution in [0.4, 0.5) is 0 Å². The first-order chi connectivity index (χ1) is 12.8. The van der Waals surface area contributed by atoms with Crippen molar-refractivity contribution in [3.63, 3.8) is 0 Å². The van der Waals surface area contributed by atoms with E-state index in [1.807, 2.05) is 72.8 Å². The summed E-state index contributed by atoms with van der Waals surface area (Å²) in [4.78, 5) is 4.26. The van der Waals surface area contributed by atoms with Crippen LogP contribution in [-0.2, 0) is 0 Å². The van der Waals surface area contributed by atoms with Crippen molar-refractivity contribution in [2.75, 3.05) is 0 Å². The minimum atomic E-state index is 0.0496. The highest BCUT2D eigenvalue weighted by Crippen LogP contribution is 2.28. The van der Waals surface area contributed by atoms with Crippen molar-refractivity contribution < 1.29 is 5.11 Å². The number of aromatic nitrogens is 3. The zero-order chi connectivity index (χ0) is 17.8. The van der Waals surface area contributed by atoms with Gasteiger partial charge in [0.1, 0.15) is 0 Å². The van der Waals surface area contributed by atoms with Gasteiger partial charge in [-0.05, 0) is 29.3 Å². The van der Waals surface area contributed by atoms with Gasteiger partial charge in [0.2, 0.25) is 5.88 Å². The lowest BCUT2D eigenvalue weighted by Crippen LogP contribution is -1.99. The number of hydrogen-bond donors (Lipinski definition) is 1. The molecule has 0 aliphatic rings. The zero-order valence-corrected chi connectivity index (χ0v) is 14.0. The molecular weight excluding hydrogens is 322 g/mol. The molecule has 2 heterocycles. The smallest absolute Gasteiger partial charge is 0.216 e. The van der Waals surface area contributed by atoms with E-state index in [0.29, 0.717) is 11.5 Å². The summed E-state index contributed by atoms with van der Waals surface area (Å²) in [6.07, 6.45) is 3.74. The molecule has 0 spiro atoms. The van der Waals surface area contributed by atoms with Gasteiger partial charge >= 0.3 is 0 Å². The first-order valence-corrected chi connectivity index (χ1v) is 8.34. The van der Waals surface area contributed by atoms with E-state index in [4.69, 9.17) is 0 Å². The topological polar surface area (TPSA) is 50.9 Å². The molecule has 1 N–H and O–H groups in total. The lowest BCUT2D eigenvalue weighted by atomic mass is 10.00. The van der Waals surface area contributed by atoms with Crippen molar-refractivity contribution in [2.45, 2.75) is 0 Å². The monoisotopic (exact) mass is 339 g/mol. The summed E-state index contributed by atoms with van der Waals surface area (Å²) >= 11 is 0. The summed E-state index contributed by atoms with van der Waals surface area (Å²) < 4.78 is 1.44. The van der Waals surface area contributed by atoms with E-state index in [1.54, 1.807) is 18.3 Å². The Morgan fingerprint density at radius 2 is 1.54 bits per heavy atom. The molecule has 4 rings (SSSR count). The van der Waals surface area contributed by atoms with Gasteiger partial charge in [0, 0.05) is 17.8 Å². The molecule has 4 aromatic rings. The Bertz CT molecular complexity index is 1020. The molecule has 0 atom stereocenters. The molecule has 0 aliphatic carbocycles. The van der Waals surface area contributed by atoms with E-state index in [0.717, 1.165) is 16.7 Å². The molecule has 4 nitrogen and oxygen atoms in total. The standard InChI is InChI=1S/C22H17N3O/c26-22-16-20(24-25(22)21-13-7-8-14-23-21)19(18-11-5-2-6-12-18)15-17-9-3-1-4-10-17/h1-16,26H. The highest BCUT2D eigenvalue weighted by molar-refractivity contribution is 5.90. The molecule has 0 unspecified atom stereocenters. The maximum atomic E-state index is 10.4.